The number of aliphatic imine (C=N–C) groups is 1. The third kappa shape index (κ3) is 4.67. The largest absolute Gasteiger partial charge is 0.338 e. The van der Waals surface area contributed by atoms with Crippen molar-refractivity contribution in [1.82, 2.24) is 4.90 Å². The van der Waals surface area contributed by atoms with Gasteiger partial charge in [0.1, 0.15) is 0 Å². The molecule has 2 aliphatic rings. The van der Waals surface area contributed by atoms with Crippen LogP contribution in [0.4, 0.5) is 5.69 Å². The molecule has 5 nitrogen and oxygen atoms in total. The molecule has 1 heterocycles. The summed E-state index contributed by atoms with van der Waals surface area (Å²) in [5, 5.41) is 3.51. The van der Waals surface area contributed by atoms with Crippen LogP contribution < -0.4 is 11.1 Å². The predicted octanol–water partition coefficient (Wildman–Crippen LogP) is 3.99. The van der Waals surface area contributed by atoms with E-state index in [2.05, 4.69) is 34.5 Å². The molecule has 0 bridgehead atoms. The molecule has 0 radical (unpaired) electrons. The second-order valence-electron chi connectivity index (χ2n) is 8.17. The molecule has 2 atom stereocenters. The summed E-state index contributed by atoms with van der Waals surface area (Å²) >= 11 is 0. The average Bonchev–Trinajstić information content (AvgIpc) is 2.74. The maximum absolute atomic E-state index is 11.8. The maximum atomic E-state index is 11.8. The Labute approximate surface area is 173 Å². The van der Waals surface area contributed by atoms with Crippen molar-refractivity contribution in [2.45, 2.75) is 57.7 Å². The van der Waals surface area contributed by atoms with E-state index in [0.29, 0.717) is 5.56 Å². The first-order valence-electron chi connectivity index (χ1n) is 10.6. The van der Waals surface area contributed by atoms with Crippen molar-refractivity contribution < 1.29 is 4.79 Å². The molecule has 0 spiro atoms. The molecule has 0 aromatic heterocycles. The summed E-state index contributed by atoms with van der Waals surface area (Å²) in [4.78, 5) is 19.2. The van der Waals surface area contributed by atoms with Gasteiger partial charge in [0.05, 0.1) is 6.04 Å². The number of hydrogen-bond acceptors (Lipinski definition) is 3. The number of hydrogen-bond donors (Lipinski definition) is 2. The van der Waals surface area contributed by atoms with Crippen molar-refractivity contribution in [2.24, 2.45) is 10.7 Å². The van der Waals surface area contributed by atoms with Crippen LogP contribution in [0.3, 0.4) is 0 Å². The number of Topliss-reactive ketones (excluding diaryl/α,β-unsaturated/α-hetero) is 1. The van der Waals surface area contributed by atoms with E-state index in [9.17, 15) is 4.79 Å². The average molecular weight is 391 g/mol. The quantitative estimate of drug-likeness (QED) is 0.472. The lowest BCUT2D eigenvalue weighted by atomic mass is 9.91. The van der Waals surface area contributed by atoms with Gasteiger partial charge in [-0.1, -0.05) is 49.2 Å². The fraction of sp³-hybridized carbons (Fsp3) is 0.417. The second-order valence-corrected chi connectivity index (χ2v) is 8.17. The number of nitrogens with one attached hydrogen (secondary N) is 1. The third-order valence-corrected chi connectivity index (χ3v) is 6.03. The van der Waals surface area contributed by atoms with Crippen molar-refractivity contribution >= 4 is 17.4 Å². The van der Waals surface area contributed by atoms with Crippen molar-refractivity contribution in [2.75, 3.05) is 11.9 Å². The van der Waals surface area contributed by atoms with E-state index < -0.39 is 0 Å². The van der Waals surface area contributed by atoms with Gasteiger partial charge in [-0.05, 0) is 49.4 Å². The Bertz CT molecular complexity index is 907. The number of nitrogens with two attached hydrogens (primary N) is 1. The fourth-order valence-corrected chi connectivity index (χ4v) is 4.27. The standard InChI is InChI=1S/C24H30N4O/c1-17(29)19-9-6-10-21(15-19)26-24(27-23-12-5-4-11-22(23)25)28-14-13-18-7-2-3-8-20(18)16-28/h2-3,6-10,15,22-23H,4-5,11-14,16,25H2,1H3,(H,26,27)/t22-,23-/m0/s1. The summed E-state index contributed by atoms with van der Waals surface area (Å²) in [5.41, 5.74) is 10.7. The number of fused-ring (bicyclic) bond motifs is 1. The van der Waals surface area contributed by atoms with Gasteiger partial charge in [0.25, 0.3) is 0 Å². The van der Waals surface area contributed by atoms with Crippen LogP contribution in [-0.2, 0) is 13.0 Å². The number of guanidine groups is 1. The van der Waals surface area contributed by atoms with Crippen molar-refractivity contribution in [3.8, 4) is 0 Å². The Balaban J connectivity index is 1.62. The molecule has 2 aromatic carbocycles. The number of anilines is 1. The molecule has 1 fully saturated rings. The van der Waals surface area contributed by atoms with Crippen LogP contribution in [0, 0.1) is 0 Å². The lowest BCUT2D eigenvalue weighted by Gasteiger charge is -2.34. The number of benzene rings is 2. The van der Waals surface area contributed by atoms with Crippen LogP contribution in [0.5, 0.6) is 0 Å². The van der Waals surface area contributed by atoms with E-state index in [4.69, 9.17) is 10.7 Å². The Morgan fingerprint density at radius 2 is 1.90 bits per heavy atom. The van der Waals surface area contributed by atoms with Crippen LogP contribution in [0.25, 0.3) is 0 Å². The molecule has 1 aliphatic carbocycles. The van der Waals surface area contributed by atoms with Gasteiger partial charge in [0.2, 0.25) is 0 Å². The molecule has 4 rings (SSSR count). The highest BCUT2D eigenvalue weighted by Crippen LogP contribution is 2.23. The van der Waals surface area contributed by atoms with Gasteiger partial charge in [-0.2, -0.15) is 0 Å². The van der Waals surface area contributed by atoms with Crippen LogP contribution in [0.15, 0.2) is 53.5 Å². The normalized spacial score (nSPS) is 22.1. The fourth-order valence-electron chi connectivity index (χ4n) is 4.27. The van der Waals surface area contributed by atoms with Gasteiger partial charge in [0, 0.05) is 30.4 Å². The monoisotopic (exact) mass is 390 g/mol. The topological polar surface area (TPSA) is 70.7 Å². The number of carbonyl (C=O) groups excluding carboxylic acids is 1. The zero-order valence-corrected chi connectivity index (χ0v) is 17.1. The third-order valence-electron chi connectivity index (χ3n) is 6.03. The molecule has 3 N–H and O–H groups in total. The van der Waals surface area contributed by atoms with E-state index in [1.54, 1.807) is 6.92 Å². The summed E-state index contributed by atoms with van der Waals surface area (Å²) in [7, 11) is 0. The lowest BCUT2D eigenvalue weighted by Crippen LogP contribution is -2.43. The molecule has 0 unspecified atom stereocenters. The van der Waals surface area contributed by atoms with Crippen molar-refractivity contribution in [3.05, 3.63) is 65.2 Å². The molecule has 1 aliphatic heterocycles. The van der Waals surface area contributed by atoms with Gasteiger partial charge < -0.3 is 16.0 Å². The Morgan fingerprint density at radius 1 is 1.10 bits per heavy atom. The summed E-state index contributed by atoms with van der Waals surface area (Å²) in [6, 6.07) is 16.5. The number of carbonyl (C=O) groups is 1. The predicted molar refractivity (Wildman–Crippen MR) is 118 cm³/mol. The van der Waals surface area contributed by atoms with Crippen LogP contribution in [0.2, 0.25) is 0 Å². The van der Waals surface area contributed by atoms with E-state index >= 15 is 0 Å². The van der Waals surface area contributed by atoms with Gasteiger partial charge in [0.15, 0.2) is 11.7 Å². The first kappa shape index (κ1) is 19.6. The number of rotatable bonds is 3. The highest BCUT2D eigenvalue weighted by molar-refractivity contribution is 5.98. The van der Waals surface area contributed by atoms with Gasteiger partial charge in [-0.15, -0.1) is 0 Å². The van der Waals surface area contributed by atoms with Gasteiger partial charge >= 0.3 is 0 Å². The summed E-state index contributed by atoms with van der Waals surface area (Å²) < 4.78 is 0. The highest BCUT2D eigenvalue weighted by Gasteiger charge is 2.25. The van der Waals surface area contributed by atoms with E-state index in [1.807, 2.05) is 24.3 Å². The summed E-state index contributed by atoms with van der Waals surface area (Å²) in [6.45, 7) is 3.34. The van der Waals surface area contributed by atoms with Gasteiger partial charge in [-0.3, -0.25) is 4.79 Å². The Kier molecular flexibility index (Phi) is 5.95. The minimum atomic E-state index is 0.0633. The first-order valence-corrected chi connectivity index (χ1v) is 10.6. The van der Waals surface area contributed by atoms with E-state index in [-0.39, 0.29) is 17.9 Å². The zero-order chi connectivity index (χ0) is 20.2. The molecule has 2 aromatic rings. The first-order chi connectivity index (χ1) is 14.1. The molecule has 29 heavy (non-hydrogen) atoms. The molecule has 152 valence electrons. The Morgan fingerprint density at radius 3 is 2.69 bits per heavy atom. The van der Waals surface area contributed by atoms with Crippen molar-refractivity contribution in [1.29, 1.82) is 0 Å². The Hall–Kier alpha value is -2.66. The molecule has 1 saturated carbocycles. The highest BCUT2D eigenvalue weighted by atomic mass is 16.1. The van der Waals surface area contributed by atoms with Crippen molar-refractivity contribution in [3.63, 3.8) is 0 Å². The van der Waals surface area contributed by atoms with E-state index in [0.717, 1.165) is 44.0 Å². The van der Waals surface area contributed by atoms with Crippen LogP contribution in [-0.4, -0.2) is 35.3 Å². The second kappa shape index (κ2) is 8.78. The minimum absolute atomic E-state index is 0.0633. The van der Waals surface area contributed by atoms with E-state index in [1.165, 1.54) is 24.0 Å². The number of nitrogens with zero attached hydrogens (tertiary/aromatic N) is 2. The summed E-state index contributed by atoms with van der Waals surface area (Å²) in [6.07, 6.45) is 5.43. The zero-order valence-electron chi connectivity index (χ0n) is 17.1. The molecule has 5 heteroatoms. The maximum Gasteiger partial charge on any atom is 0.199 e. The SMILES string of the molecule is CC(=O)c1cccc(NC(=N[C@H]2CCCC[C@@H]2N)N2CCc3ccccc3C2)c1. The minimum Gasteiger partial charge on any atom is -0.338 e. The molecular weight excluding hydrogens is 360 g/mol. The lowest BCUT2D eigenvalue weighted by molar-refractivity contribution is 0.101. The smallest absolute Gasteiger partial charge is 0.199 e. The summed E-state index contributed by atoms with van der Waals surface area (Å²) in [5.74, 6) is 0.927. The van der Waals surface area contributed by atoms with Gasteiger partial charge in [-0.25, -0.2) is 4.99 Å². The molecule has 0 amide bonds. The molecule has 0 saturated heterocycles. The molecular formula is C24H30N4O. The van der Waals surface area contributed by atoms with Crippen LogP contribution in [0.1, 0.15) is 54.1 Å². The van der Waals surface area contributed by atoms with Crippen LogP contribution >= 0.6 is 0 Å². The number of ketones is 1.